The standard InChI is InChI=1S/C19H23N2S/c1-15(2)16-7-9-17(10-8-16)22-19-6-4-3-5-18(19)21-13-11-20-12-14-21/h3-10,15H,11-14H2,1-2H3. The van der Waals surface area contributed by atoms with Crippen molar-refractivity contribution in [1.29, 1.82) is 0 Å². The predicted octanol–water partition coefficient (Wildman–Crippen LogP) is 4.39. The predicted molar refractivity (Wildman–Crippen MR) is 95.2 cm³/mol. The molecular weight excluding hydrogens is 288 g/mol. The lowest BCUT2D eigenvalue weighted by Crippen LogP contribution is -2.40. The highest BCUT2D eigenvalue weighted by Crippen LogP contribution is 2.36. The Morgan fingerprint density at radius 2 is 1.64 bits per heavy atom. The Morgan fingerprint density at radius 1 is 0.955 bits per heavy atom. The minimum Gasteiger partial charge on any atom is -0.368 e. The molecule has 0 aromatic heterocycles. The molecule has 2 nitrogen and oxygen atoms in total. The fourth-order valence-corrected chi connectivity index (χ4v) is 3.67. The Balaban J connectivity index is 1.79. The van der Waals surface area contributed by atoms with Gasteiger partial charge in [0.1, 0.15) is 0 Å². The molecule has 0 spiro atoms. The van der Waals surface area contributed by atoms with E-state index >= 15 is 0 Å². The zero-order chi connectivity index (χ0) is 15.4. The molecule has 3 rings (SSSR count). The molecule has 0 N–H and O–H groups in total. The van der Waals surface area contributed by atoms with E-state index in [2.05, 4.69) is 72.6 Å². The van der Waals surface area contributed by atoms with Crippen LogP contribution < -0.4 is 10.2 Å². The van der Waals surface area contributed by atoms with Gasteiger partial charge in [-0.2, -0.15) is 0 Å². The lowest BCUT2D eigenvalue weighted by atomic mass is 10.0. The molecule has 1 heterocycles. The Bertz CT molecular complexity index is 601. The molecule has 0 saturated carbocycles. The molecule has 0 atom stereocenters. The highest BCUT2D eigenvalue weighted by Gasteiger charge is 2.15. The number of piperazine rings is 1. The van der Waals surface area contributed by atoms with Crippen LogP contribution in [0.5, 0.6) is 0 Å². The van der Waals surface area contributed by atoms with Crippen LogP contribution in [0.1, 0.15) is 25.3 Å². The maximum atomic E-state index is 4.44. The van der Waals surface area contributed by atoms with Crippen LogP contribution in [0.3, 0.4) is 0 Å². The molecule has 1 radical (unpaired) electrons. The number of hydrogen-bond acceptors (Lipinski definition) is 2. The Labute approximate surface area is 137 Å². The van der Waals surface area contributed by atoms with Gasteiger partial charge < -0.3 is 4.90 Å². The van der Waals surface area contributed by atoms with E-state index in [1.165, 1.54) is 21.0 Å². The summed E-state index contributed by atoms with van der Waals surface area (Å²) in [5.74, 6) is 0.587. The summed E-state index contributed by atoms with van der Waals surface area (Å²) in [6.45, 7) is 8.43. The van der Waals surface area contributed by atoms with E-state index in [0.717, 1.165) is 26.2 Å². The van der Waals surface area contributed by atoms with Gasteiger partial charge in [0.05, 0.1) is 5.69 Å². The number of rotatable bonds is 4. The van der Waals surface area contributed by atoms with Gasteiger partial charge in [-0.15, -0.1) is 0 Å². The summed E-state index contributed by atoms with van der Waals surface area (Å²) >= 11 is 1.86. The van der Waals surface area contributed by atoms with E-state index in [-0.39, 0.29) is 0 Å². The van der Waals surface area contributed by atoms with E-state index in [0.29, 0.717) is 5.92 Å². The summed E-state index contributed by atoms with van der Waals surface area (Å²) in [7, 11) is 0. The van der Waals surface area contributed by atoms with Crippen molar-refractivity contribution in [2.24, 2.45) is 0 Å². The molecule has 22 heavy (non-hydrogen) atoms. The fourth-order valence-electron chi connectivity index (χ4n) is 2.70. The maximum Gasteiger partial charge on any atom is 0.0508 e. The molecule has 2 aromatic rings. The molecule has 1 aliphatic rings. The van der Waals surface area contributed by atoms with Gasteiger partial charge in [0.2, 0.25) is 0 Å². The minimum absolute atomic E-state index is 0.587. The fraction of sp³-hybridized carbons (Fsp3) is 0.368. The summed E-state index contributed by atoms with van der Waals surface area (Å²) in [4.78, 5) is 5.10. The van der Waals surface area contributed by atoms with Crippen molar-refractivity contribution in [3.05, 3.63) is 54.1 Å². The SMILES string of the molecule is CC(C)c1ccc(Sc2ccccc2N2CC[N]CC2)cc1. The first kappa shape index (κ1) is 15.4. The average Bonchev–Trinajstić information content (AvgIpc) is 2.57. The highest BCUT2D eigenvalue weighted by molar-refractivity contribution is 7.99. The number of anilines is 1. The number of para-hydroxylation sites is 1. The molecule has 0 aliphatic carbocycles. The van der Waals surface area contributed by atoms with E-state index in [1.807, 2.05) is 11.8 Å². The normalized spacial score (nSPS) is 15.3. The van der Waals surface area contributed by atoms with Crippen molar-refractivity contribution in [2.45, 2.75) is 29.6 Å². The molecule has 1 fully saturated rings. The van der Waals surface area contributed by atoms with Crippen LogP contribution >= 0.6 is 11.8 Å². The second-order valence-corrected chi connectivity index (χ2v) is 7.07. The average molecular weight is 311 g/mol. The first-order chi connectivity index (χ1) is 10.7. The number of nitrogens with zero attached hydrogens (tertiary/aromatic N) is 2. The molecule has 115 valence electrons. The van der Waals surface area contributed by atoms with Crippen LogP contribution in [0.2, 0.25) is 0 Å². The third-order valence-electron chi connectivity index (χ3n) is 4.04. The van der Waals surface area contributed by atoms with Gasteiger partial charge >= 0.3 is 0 Å². The summed E-state index contributed by atoms with van der Waals surface area (Å²) in [5.41, 5.74) is 2.74. The quantitative estimate of drug-likeness (QED) is 0.833. The molecule has 0 amide bonds. The van der Waals surface area contributed by atoms with Crippen LogP contribution in [-0.4, -0.2) is 26.2 Å². The second-order valence-electron chi connectivity index (χ2n) is 5.95. The monoisotopic (exact) mass is 311 g/mol. The van der Waals surface area contributed by atoms with Crippen molar-refractivity contribution in [2.75, 3.05) is 31.1 Å². The molecule has 1 aliphatic heterocycles. The van der Waals surface area contributed by atoms with Crippen LogP contribution in [0.15, 0.2) is 58.3 Å². The van der Waals surface area contributed by atoms with Crippen molar-refractivity contribution in [3.63, 3.8) is 0 Å². The minimum atomic E-state index is 0.587. The summed E-state index contributed by atoms with van der Waals surface area (Å²) in [5, 5.41) is 4.44. The van der Waals surface area contributed by atoms with Crippen molar-refractivity contribution < 1.29 is 0 Å². The molecule has 0 unspecified atom stereocenters. The van der Waals surface area contributed by atoms with Crippen molar-refractivity contribution in [1.82, 2.24) is 5.32 Å². The number of benzene rings is 2. The third-order valence-corrected chi connectivity index (χ3v) is 5.11. The van der Waals surface area contributed by atoms with Crippen molar-refractivity contribution >= 4 is 17.4 Å². The van der Waals surface area contributed by atoms with Crippen molar-refractivity contribution in [3.8, 4) is 0 Å². The van der Waals surface area contributed by atoms with Gasteiger partial charge in [-0.05, 0) is 35.7 Å². The molecule has 0 bridgehead atoms. The van der Waals surface area contributed by atoms with Gasteiger partial charge in [0.15, 0.2) is 0 Å². The van der Waals surface area contributed by atoms with E-state index in [4.69, 9.17) is 0 Å². The van der Waals surface area contributed by atoms with Crippen LogP contribution in [0, 0.1) is 0 Å². The first-order valence-corrected chi connectivity index (χ1v) is 8.81. The van der Waals surface area contributed by atoms with Gasteiger partial charge in [-0.1, -0.05) is 49.9 Å². The van der Waals surface area contributed by atoms with Crippen LogP contribution in [0.25, 0.3) is 0 Å². The lowest BCUT2D eigenvalue weighted by Gasteiger charge is -2.30. The Kier molecular flexibility index (Phi) is 5.06. The molecular formula is C19H23N2S. The zero-order valence-electron chi connectivity index (χ0n) is 13.3. The van der Waals surface area contributed by atoms with Crippen LogP contribution in [-0.2, 0) is 0 Å². The Morgan fingerprint density at radius 3 is 2.32 bits per heavy atom. The largest absolute Gasteiger partial charge is 0.368 e. The highest BCUT2D eigenvalue weighted by atomic mass is 32.2. The Hall–Kier alpha value is -1.45. The molecule has 2 aromatic carbocycles. The molecule has 1 saturated heterocycles. The first-order valence-electron chi connectivity index (χ1n) is 7.99. The summed E-state index contributed by atoms with van der Waals surface area (Å²) < 4.78 is 0. The van der Waals surface area contributed by atoms with Crippen LogP contribution in [0.4, 0.5) is 5.69 Å². The third kappa shape index (κ3) is 3.65. The summed E-state index contributed by atoms with van der Waals surface area (Å²) in [6.07, 6.45) is 0. The van der Waals surface area contributed by atoms with E-state index in [9.17, 15) is 0 Å². The summed E-state index contributed by atoms with van der Waals surface area (Å²) in [6, 6.07) is 17.7. The van der Waals surface area contributed by atoms with Gasteiger partial charge in [0, 0.05) is 36.0 Å². The zero-order valence-corrected chi connectivity index (χ0v) is 14.1. The number of hydrogen-bond donors (Lipinski definition) is 0. The molecule has 3 heteroatoms. The maximum absolute atomic E-state index is 4.44. The van der Waals surface area contributed by atoms with Gasteiger partial charge in [-0.3, -0.25) is 0 Å². The van der Waals surface area contributed by atoms with Gasteiger partial charge in [0.25, 0.3) is 0 Å². The van der Waals surface area contributed by atoms with E-state index in [1.54, 1.807) is 0 Å². The topological polar surface area (TPSA) is 17.3 Å². The second kappa shape index (κ2) is 7.21. The van der Waals surface area contributed by atoms with E-state index < -0.39 is 0 Å². The smallest absolute Gasteiger partial charge is 0.0508 e. The van der Waals surface area contributed by atoms with Gasteiger partial charge in [-0.25, -0.2) is 5.32 Å². The lowest BCUT2D eigenvalue weighted by molar-refractivity contribution is 0.577.